The maximum atomic E-state index is 10.1. The van der Waals surface area contributed by atoms with Crippen LogP contribution in [-0.2, 0) is 5.11 Å². The zero-order valence-corrected chi connectivity index (χ0v) is 6.89. The first-order chi connectivity index (χ1) is 4.68. The third kappa shape index (κ3) is 3.18. The second-order valence-corrected chi connectivity index (χ2v) is 2.74. The molecule has 0 fully saturated rings. The molecular formula is C8H17O2. The number of hydrogen-bond donors (Lipinski definition) is 1. The molecule has 0 aliphatic carbocycles. The van der Waals surface area contributed by atoms with Gasteiger partial charge in [0.25, 0.3) is 0 Å². The molecule has 0 aliphatic heterocycles. The van der Waals surface area contributed by atoms with Crippen molar-refractivity contribution in [2.75, 3.05) is 6.61 Å². The summed E-state index contributed by atoms with van der Waals surface area (Å²) in [7, 11) is 0. The maximum absolute atomic E-state index is 10.1. The zero-order valence-electron chi connectivity index (χ0n) is 6.89. The molecule has 2 nitrogen and oxygen atoms in total. The van der Waals surface area contributed by atoms with Crippen LogP contribution in [0.2, 0.25) is 0 Å². The molecule has 0 aromatic carbocycles. The standard InChI is InChI=1S/C8H17O2/c1-3-8(10,4-2)6-5-7-9/h10H,3-7H2,1-2H3. The first-order valence-corrected chi connectivity index (χ1v) is 3.99. The molecule has 0 aliphatic rings. The first kappa shape index (κ1) is 9.92. The molecule has 0 saturated heterocycles. The van der Waals surface area contributed by atoms with Gasteiger partial charge in [-0.1, -0.05) is 13.8 Å². The molecule has 1 N–H and O–H groups in total. The molecule has 0 heterocycles. The number of aliphatic hydroxyl groups is 1. The largest absolute Gasteiger partial charge is 0.390 e. The Morgan fingerprint density at radius 2 is 1.80 bits per heavy atom. The molecule has 0 aromatic heterocycles. The molecule has 0 atom stereocenters. The summed E-state index contributed by atoms with van der Waals surface area (Å²) in [5.41, 5.74) is -0.565. The predicted octanol–water partition coefficient (Wildman–Crippen LogP) is 1.75. The van der Waals surface area contributed by atoms with Crippen LogP contribution in [0.5, 0.6) is 0 Å². The lowest BCUT2D eigenvalue weighted by Crippen LogP contribution is -2.26. The van der Waals surface area contributed by atoms with Crippen LogP contribution in [0.15, 0.2) is 0 Å². The molecule has 0 saturated carbocycles. The van der Waals surface area contributed by atoms with E-state index in [1.165, 1.54) is 0 Å². The minimum absolute atomic E-state index is 0.0672. The molecular weight excluding hydrogens is 128 g/mol. The van der Waals surface area contributed by atoms with Crippen LogP contribution in [0.4, 0.5) is 0 Å². The van der Waals surface area contributed by atoms with Crippen molar-refractivity contribution in [3.05, 3.63) is 0 Å². The summed E-state index contributed by atoms with van der Waals surface area (Å²) in [6, 6.07) is 0. The van der Waals surface area contributed by atoms with E-state index in [4.69, 9.17) is 0 Å². The molecule has 0 unspecified atom stereocenters. The van der Waals surface area contributed by atoms with Gasteiger partial charge < -0.3 is 5.11 Å². The van der Waals surface area contributed by atoms with E-state index >= 15 is 0 Å². The highest BCUT2D eigenvalue weighted by Gasteiger charge is 2.20. The second kappa shape index (κ2) is 4.69. The summed E-state index contributed by atoms with van der Waals surface area (Å²) in [4.78, 5) is 0. The Hall–Kier alpha value is -0.0800. The van der Waals surface area contributed by atoms with Crippen LogP contribution in [0.1, 0.15) is 39.5 Å². The highest BCUT2D eigenvalue weighted by atomic mass is 16.3. The van der Waals surface area contributed by atoms with Gasteiger partial charge in [-0.2, -0.15) is 0 Å². The topological polar surface area (TPSA) is 40.1 Å². The Morgan fingerprint density at radius 1 is 1.30 bits per heavy atom. The van der Waals surface area contributed by atoms with E-state index in [0.29, 0.717) is 12.8 Å². The highest BCUT2D eigenvalue weighted by molar-refractivity contribution is 4.73. The maximum Gasteiger partial charge on any atom is 0.0823 e. The van der Waals surface area contributed by atoms with Crippen molar-refractivity contribution in [2.45, 2.75) is 45.1 Å². The smallest absolute Gasteiger partial charge is 0.0823 e. The lowest BCUT2D eigenvalue weighted by atomic mass is 9.92. The molecule has 10 heavy (non-hydrogen) atoms. The summed E-state index contributed by atoms with van der Waals surface area (Å²) >= 11 is 0. The van der Waals surface area contributed by atoms with E-state index in [2.05, 4.69) is 0 Å². The highest BCUT2D eigenvalue weighted by Crippen LogP contribution is 2.20. The average molecular weight is 145 g/mol. The van der Waals surface area contributed by atoms with Crippen molar-refractivity contribution in [1.29, 1.82) is 0 Å². The van der Waals surface area contributed by atoms with Gasteiger partial charge in [0, 0.05) is 0 Å². The lowest BCUT2D eigenvalue weighted by Gasteiger charge is -2.24. The quantitative estimate of drug-likeness (QED) is 0.629. The SMILES string of the molecule is CCC(O)(CC)CCC[O]. The van der Waals surface area contributed by atoms with Crippen LogP contribution < -0.4 is 0 Å². The van der Waals surface area contributed by atoms with Gasteiger partial charge in [0.05, 0.1) is 12.2 Å². The van der Waals surface area contributed by atoms with Gasteiger partial charge in [0.15, 0.2) is 0 Å². The molecule has 0 rings (SSSR count). The average Bonchev–Trinajstić information content (AvgIpc) is 2.00. The van der Waals surface area contributed by atoms with Crippen molar-refractivity contribution < 1.29 is 10.2 Å². The molecule has 0 spiro atoms. The van der Waals surface area contributed by atoms with Crippen LogP contribution in [-0.4, -0.2) is 17.3 Å². The Kier molecular flexibility index (Phi) is 4.65. The molecule has 2 heteroatoms. The fourth-order valence-corrected chi connectivity index (χ4v) is 1.00. The van der Waals surface area contributed by atoms with Crippen LogP contribution in [0, 0.1) is 0 Å². The monoisotopic (exact) mass is 145 g/mol. The summed E-state index contributed by atoms with van der Waals surface area (Å²) in [5.74, 6) is 0. The minimum Gasteiger partial charge on any atom is -0.390 e. The lowest BCUT2D eigenvalue weighted by molar-refractivity contribution is 0.0141. The normalized spacial score (nSPS) is 12.0. The van der Waals surface area contributed by atoms with Gasteiger partial charge in [-0.25, -0.2) is 5.11 Å². The molecule has 61 valence electrons. The van der Waals surface area contributed by atoms with Crippen molar-refractivity contribution >= 4 is 0 Å². The Balaban J connectivity index is 3.58. The third-order valence-electron chi connectivity index (χ3n) is 2.10. The third-order valence-corrected chi connectivity index (χ3v) is 2.10. The second-order valence-electron chi connectivity index (χ2n) is 2.74. The van der Waals surface area contributed by atoms with Gasteiger partial charge in [0.2, 0.25) is 0 Å². The first-order valence-electron chi connectivity index (χ1n) is 3.99. The minimum atomic E-state index is -0.565. The zero-order chi connectivity index (χ0) is 8.04. The summed E-state index contributed by atoms with van der Waals surface area (Å²) in [6.45, 7) is 3.84. The number of rotatable bonds is 5. The van der Waals surface area contributed by atoms with E-state index in [0.717, 1.165) is 12.8 Å². The van der Waals surface area contributed by atoms with Gasteiger partial charge in [-0.15, -0.1) is 0 Å². The van der Waals surface area contributed by atoms with E-state index in [9.17, 15) is 10.2 Å². The van der Waals surface area contributed by atoms with E-state index < -0.39 is 5.60 Å². The van der Waals surface area contributed by atoms with Crippen molar-refractivity contribution in [2.24, 2.45) is 0 Å². The summed E-state index contributed by atoms with van der Waals surface area (Å²) < 4.78 is 0. The van der Waals surface area contributed by atoms with Crippen molar-refractivity contribution in [3.63, 3.8) is 0 Å². The van der Waals surface area contributed by atoms with Gasteiger partial charge >= 0.3 is 0 Å². The predicted molar refractivity (Wildman–Crippen MR) is 40.3 cm³/mol. The van der Waals surface area contributed by atoms with Crippen LogP contribution in [0.3, 0.4) is 0 Å². The summed E-state index contributed by atoms with van der Waals surface area (Å²) in [5, 5.41) is 19.7. The van der Waals surface area contributed by atoms with Crippen molar-refractivity contribution in [3.8, 4) is 0 Å². The molecule has 0 aromatic rings. The number of hydrogen-bond acceptors (Lipinski definition) is 1. The van der Waals surface area contributed by atoms with Crippen molar-refractivity contribution in [1.82, 2.24) is 0 Å². The van der Waals surface area contributed by atoms with Gasteiger partial charge in [-0.05, 0) is 25.7 Å². The molecule has 1 radical (unpaired) electrons. The molecule has 0 bridgehead atoms. The van der Waals surface area contributed by atoms with Gasteiger partial charge in [0.1, 0.15) is 0 Å². The van der Waals surface area contributed by atoms with Gasteiger partial charge in [-0.3, -0.25) is 0 Å². The summed E-state index contributed by atoms with van der Waals surface area (Å²) in [6.07, 6.45) is 2.76. The Bertz CT molecular complexity index is 77.3. The fraction of sp³-hybridized carbons (Fsp3) is 1.00. The van der Waals surface area contributed by atoms with Crippen LogP contribution in [0.25, 0.3) is 0 Å². The van der Waals surface area contributed by atoms with E-state index in [1.807, 2.05) is 13.8 Å². The Labute approximate surface area is 62.9 Å². The molecule has 0 amide bonds. The fourth-order valence-electron chi connectivity index (χ4n) is 1.00. The van der Waals surface area contributed by atoms with E-state index in [-0.39, 0.29) is 6.61 Å². The van der Waals surface area contributed by atoms with Crippen LogP contribution >= 0.6 is 0 Å². The van der Waals surface area contributed by atoms with E-state index in [1.54, 1.807) is 0 Å². The Morgan fingerprint density at radius 3 is 2.10 bits per heavy atom.